The van der Waals surface area contributed by atoms with Crippen molar-refractivity contribution in [1.29, 1.82) is 0 Å². The van der Waals surface area contributed by atoms with Gasteiger partial charge in [0.1, 0.15) is 5.78 Å². The molecule has 0 aromatic heterocycles. The maximum Gasteiger partial charge on any atom is 0.335 e. The molecule has 0 unspecified atom stereocenters. The van der Waals surface area contributed by atoms with Crippen molar-refractivity contribution in [2.45, 2.75) is 66.4 Å². The predicted octanol–water partition coefficient (Wildman–Crippen LogP) is 3.84. The minimum atomic E-state index is -0.691. The molecule has 1 aliphatic carbocycles. The Labute approximate surface area is 185 Å². The SMILES string of the molecule is C=C(C)[C@H](O)CC[C@@]1(C)CC=C(CO)C(=O)[C@@H](CC(C)=O)[C@@H]1/C=C/OC(=O)C=C(C)C. The number of allylic oxidation sites excluding steroid dienone is 3. The van der Waals surface area contributed by atoms with E-state index in [0.717, 1.165) is 5.57 Å². The van der Waals surface area contributed by atoms with Crippen LogP contribution in [0.1, 0.15) is 60.3 Å². The van der Waals surface area contributed by atoms with Gasteiger partial charge in [0.2, 0.25) is 0 Å². The molecule has 0 fully saturated rings. The van der Waals surface area contributed by atoms with Crippen molar-refractivity contribution in [3.05, 3.63) is 47.8 Å². The molecule has 31 heavy (non-hydrogen) atoms. The maximum atomic E-state index is 13.1. The van der Waals surface area contributed by atoms with Gasteiger partial charge in [-0.3, -0.25) is 4.79 Å². The topological polar surface area (TPSA) is 101 Å². The smallest absolute Gasteiger partial charge is 0.335 e. The molecule has 6 nitrogen and oxygen atoms in total. The fourth-order valence-electron chi connectivity index (χ4n) is 3.96. The van der Waals surface area contributed by atoms with Crippen LogP contribution in [0.3, 0.4) is 0 Å². The number of ketones is 2. The van der Waals surface area contributed by atoms with Gasteiger partial charge in [-0.1, -0.05) is 30.7 Å². The first-order chi connectivity index (χ1) is 14.4. The molecule has 0 spiro atoms. The molecular weight excluding hydrogens is 396 g/mol. The molecule has 0 bridgehead atoms. The summed E-state index contributed by atoms with van der Waals surface area (Å²) in [6.45, 7) is 12.1. The summed E-state index contributed by atoms with van der Waals surface area (Å²) in [6.07, 6.45) is 6.85. The Morgan fingerprint density at radius 2 is 1.97 bits per heavy atom. The summed E-state index contributed by atoms with van der Waals surface area (Å²) in [5, 5.41) is 20.0. The van der Waals surface area contributed by atoms with Crippen LogP contribution in [0.5, 0.6) is 0 Å². The van der Waals surface area contributed by atoms with Gasteiger partial charge in [-0.25, -0.2) is 4.79 Å². The Hall–Kier alpha value is -2.31. The van der Waals surface area contributed by atoms with Gasteiger partial charge in [-0.15, -0.1) is 0 Å². The van der Waals surface area contributed by atoms with Gasteiger partial charge in [0.25, 0.3) is 0 Å². The van der Waals surface area contributed by atoms with Crippen LogP contribution in [0.15, 0.2) is 47.8 Å². The Kier molecular flexibility index (Phi) is 10.3. The Bertz CT molecular complexity index is 784. The lowest BCUT2D eigenvalue weighted by atomic mass is 9.65. The molecule has 0 saturated heterocycles. The zero-order valence-corrected chi connectivity index (χ0v) is 19.3. The molecule has 0 amide bonds. The van der Waals surface area contributed by atoms with Crippen LogP contribution >= 0.6 is 0 Å². The fourth-order valence-corrected chi connectivity index (χ4v) is 3.96. The number of hydrogen-bond donors (Lipinski definition) is 2. The highest BCUT2D eigenvalue weighted by Gasteiger charge is 2.43. The van der Waals surface area contributed by atoms with E-state index in [2.05, 4.69) is 6.58 Å². The highest BCUT2D eigenvalue weighted by molar-refractivity contribution is 6.00. The van der Waals surface area contributed by atoms with E-state index < -0.39 is 35.9 Å². The molecule has 1 aliphatic rings. The van der Waals surface area contributed by atoms with Crippen molar-refractivity contribution in [3.8, 4) is 0 Å². The zero-order chi connectivity index (χ0) is 23.8. The van der Waals surface area contributed by atoms with Crippen molar-refractivity contribution in [3.63, 3.8) is 0 Å². The molecule has 4 atom stereocenters. The number of aliphatic hydroxyl groups is 2. The first-order valence-corrected chi connectivity index (χ1v) is 10.6. The number of carbonyl (C=O) groups is 3. The largest absolute Gasteiger partial charge is 0.432 e. The van der Waals surface area contributed by atoms with Gasteiger partial charge in [0.15, 0.2) is 5.78 Å². The third-order valence-corrected chi connectivity index (χ3v) is 5.82. The summed E-state index contributed by atoms with van der Waals surface area (Å²) >= 11 is 0. The molecule has 6 heteroatoms. The third kappa shape index (κ3) is 8.04. The van der Waals surface area contributed by atoms with Crippen molar-refractivity contribution in [2.24, 2.45) is 17.3 Å². The van der Waals surface area contributed by atoms with E-state index in [1.807, 2.05) is 6.92 Å². The molecule has 2 N–H and O–H groups in total. The molecule has 0 radical (unpaired) electrons. The van der Waals surface area contributed by atoms with Gasteiger partial charge >= 0.3 is 5.97 Å². The van der Waals surface area contributed by atoms with E-state index >= 15 is 0 Å². The number of ether oxygens (including phenoxy) is 1. The van der Waals surface area contributed by atoms with E-state index in [0.29, 0.717) is 24.8 Å². The second-order valence-electron chi connectivity index (χ2n) is 9.04. The van der Waals surface area contributed by atoms with E-state index in [4.69, 9.17) is 4.74 Å². The molecule has 172 valence electrons. The average molecular weight is 433 g/mol. The molecule has 0 saturated carbocycles. The number of hydrogen-bond acceptors (Lipinski definition) is 6. The lowest BCUT2D eigenvalue weighted by Gasteiger charge is -2.38. The highest BCUT2D eigenvalue weighted by Crippen LogP contribution is 2.46. The van der Waals surface area contributed by atoms with Crippen LogP contribution in [0.2, 0.25) is 0 Å². The first-order valence-electron chi connectivity index (χ1n) is 10.6. The second-order valence-corrected chi connectivity index (χ2v) is 9.04. The summed E-state index contributed by atoms with van der Waals surface area (Å²) < 4.78 is 5.17. The number of esters is 1. The van der Waals surface area contributed by atoms with Gasteiger partial charge in [0.05, 0.1) is 19.0 Å². The van der Waals surface area contributed by atoms with Crippen LogP contribution in [0.25, 0.3) is 0 Å². The first kappa shape index (κ1) is 26.7. The minimum Gasteiger partial charge on any atom is -0.432 e. The summed E-state index contributed by atoms with van der Waals surface area (Å²) in [5.74, 6) is -2.05. The Morgan fingerprint density at radius 3 is 2.48 bits per heavy atom. The molecule has 0 aromatic carbocycles. The van der Waals surface area contributed by atoms with Crippen LogP contribution in [-0.4, -0.2) is 40.5 Å². The molecule has 0 aliphatic heterocycles. The van der Waals surface area contributed by atoms with Crippen molar-refractivity contribution in [2.75, 3.05) is 6.61 Å². The van der Waals surface area contributed by atoms with E-state index in [1.165, 1.54) is 19.3 Å². The maximum absolute atomic E-state index is 13.1. The zero-order valence-electron chi connectivity index (χ0n) is 19.3. The van der Waals surface area contributed by atoms with Crippen LogP contribution in [-0.2, 0) is 19.1 Å². The van der Waals surface area contributed by atoms with E-state index in [1.54, 1.807) is 32.9 Å². The molecular formula is C25H36O6. The summed E-state index contributed by atoms with van der Waals surface area (Å²) in [7, 11) is 0. The van der Waals surface area contributed by atoms with Gasteiger partial charge in [-0.2, -0.15) is 0 Å². The highest BCUT2D eigenvalue weighted by atomic mass is 16.5. The average Bonchev–Trinajstić information content (AvgIpc) is 2.75. The number of carbonyl (C=O) groups excluding carboxylic acids is 3. The van der Waals surface area contributed by atoms with Gasteiger partial charge < -0.3 is 19.7 Å². The standard InChI is InChI=1S/C25H36O6/c1-16(2)13-23(29)31-12-9-21-20(14-18(5)27)24(30)19(15-26)7-10-25(21,6)11-8-22(28)17(3)4/h7,9,12-13,20-22,26,28H,3,8,10-11,14-15H2,1-2,4-6H3/b12-9+/t20-,21-,22+,25+/m0/s1. The minimum absolute atomic E-state index is 0.0196. The molecule has 1 rings (SSSR count). The number of rotatable bonds is 10. The predicted molar refractivity (Wildman–Crippen MR) is 120 cm³/mol. The third-order valence-electron chi connectivity index (χ3n) is 5.82. The van der Waals surface area contributed by atoms with Crippen LogP contribution in [0.4, 0.5) is 0 Å². The van der Waals surface area contributed by atoms with Crippen molar-refractivity contribution in [1.82, 2.24) is 0 Å². The Balaban J connectivity index is 3.34. The summed E-state index contributed by atoms with van der Waals surface area (Å²) in [5.41, 5.74) is 1.23. The normalized spacial score (nSPS) is 24.9. The lowest BCUT2D eigenvalue weighted by Crippen LogP contribution is -2.36. The molecule has 0 aromatic rings. The van der Waals surface area contributed by atoms with E-state index in [9.17, 15) is 24.6 Å². The lowest BCUT2D eigenvalue weighted by molar-refractivity contribution is -0.132. The Morgan fingerprint density at radius 1 is 1.32 bits per heavy atom. The quantitative estimate of drug-likeness (QED) is 0.235. The van der Waals surface area contributed by atoms with Crippen molar-refractivity contribution < 1.29 is 29.3 Å². The van der Waals surface area contributed by atoms with Crippen LogP contribution in [0, 0.1) is 17.3 Å². The fraction of sp³-hybridized carbons (Fsp3) is 0.560. The number of aliphatic hydroxyl groups excluding tert-OH is 2. The molecule has 0 heterocycles. The van der Waals surface area contributed by atoms with Gasteiger partial charge in [0, 0.05) is 24.0 Å². The van der Waals surface area contributed by atoms with Crippen LogP contribution < -0.4 is 0 Å². The summed E-state index contributed by atoms with van der Waals surface area (Å²) in [4.78, 5) is 37.0. The summed E-state index contributed by atoms with van der Waals surface area (Å²) in [6, 6.07) is 0. The van der Waals surface area contributed by atoms with Gasteiger partial charge in [-0.05, 0) is 64.4 Å². The van der Waals surface area contributed by atoms with E-state index in [-0.39, 0.29) is 23.6 Å². The monoisotopic (exact) mass is 432 g/mol. The number of Topliss-reactive ketones (excluding diaryl/α,β-unsaturated/α-hetero) is 2. The second kappa shape index (κ2) is 11.9. The van der Waals surface area contributed by atoms with Crippen molar-refractivity contribution >= 4 is 17.5 Å².